The summed E-state index contributed by atoms with van der Waals surface area (Å²) in [5.74, 6) is -2.27. The van der Waals surface area contributed by atoms with Crippen molar-refractivity contribution < 1.29 is 19.8 Å². The Hall–Kier alpha value is -0.750. The van der Waals surface area contributed by atoms with E-state index in [1.54, 1.807) is 0 Å². The first-order valence-corrected chi connectivity index (χ1v) is 2.69. The lowest BCUT2D eigenvalue weighted by Crippen LogP contribution is -2.35. The molecule has 0 saturated carbocycles. The Morgan fingerprint density at radius 1 is 1.45 bits per heavy atom. The van der Waals surface area contributed by atoms with Crippen LogP contribution in [0.25, 0.3) is 0 Å². The Morgan fingerprint density at radius 3 is 2.00 bits per heavy atom. The van der Waals surface area contributed by atoms with Gasteiger partial charge in [-0.15, -0.1) is 0 Å². The van der Waals surface area contributed by atoms with Gasteiger partial charge in [0.1, 0.15) is 6.04 Å². The summed E-state index contributed by atoms with van der Waals surface area (Å²) in [6.45, 7) is 0. The van der Waals surface area contributed by atoms with Crippen LogP contribution in [0.5, 0.6) is 0 Å². The number of rotatable bonds is 4. The van der Waals surface area contributed by atoms with Crippen molar-refractivity contribution in [2.24, 2.45) is 0 Å². The number of carboxylic acid groups (broad SMARTS) is 2. The summed E-state index contributed by atoms with van der Waals surface area (Å²) >= 11 is 0. The second-order valence-corrected chi connectivity index (χ2v) is 1.78. The van der Waals surface area contributed by atoms with Crippen LogP contribution >= 0.6 is 13.5 Å². The van der Waals surface area contributed by atoms with Gasteiger partial charge in [0.05, 0.1) is 6.42 Å². The van der Waals surface area contributed by atoms with E-state index < -0.39 is 24.4 Å². The fourth-order valence-corrected chi connectivity index (χ4v) is 0.487. The third kappa shape index (κ3) is 5.68. The number of hydrogen-bond acceptors (Lipinski definition) is 3. The summed E-state index contributed by atoms with van der Waals surface area (Å²) in [4.78, 5) is 20.1. The van der Waals surface area contributed by atoms with Crippen molar-refractivity contribution in [1.29, 1.82) is 0 Å². The zero-order valence-corrected chi connectivity index (χ0v) is 7.00. The Bertz CT molecular complexity index is 149. The van der Waals surface area contributed by atoms with Crippen molar-refractivity contribution >= 4 is 25.4 Å². The molecule has 6 heteroatoms. The lowest BCUT2D eigenvalue weighted by molar-refractivity contribution is -0.145. The summed E-state index contributed by atoms with van der Waals surface area (Å²) in [6, 6.07) is -0.988. The van der Waals surface area contributed by atoms with Gasteiger partial charge in [0.15, 0.2) is 0 Å². The highest BCUT2D eigenvalue weighted by molar-refractivity contribution is 7.59. The quantitative estimate of drug-likeness (QED) is 0.531. The van der Waals surface area contributed by atoms with E-state index in [1.165, 1.54) is 7.05 Å². The highest BCUT2D eigenvalue weighted by Crippen LogP contribution is 1.89. The average Bonchev–Trinajstić information content (AvgIpc) is 1.81. The van der Waals surface area contributed by atoms with Gasteiger partial charge in [0, 0.05) is 0 Å². The molecule has 0 aliphatic heterocycles. The topological polar surface area (TPSA) is 86.6 Å². The first-order valence-electron chi connectivity index (χ1n) is 2.69. The third-order valence-corrected chi connectivity index (χ3v) is 1.03. The minimum absolute atomic E-state index is 0. The van der Waals surface area contributed by atoms with Gasteiger partial charge in [0.2, 0.25) is 0 Å². The van der Waals surface area contributed by atoms with Crippen molar-refractivity contribution in [2.75, 3.05) is 7.05 Å². The smallest absolute Gasteiger partial charge is 0.321 e. The van der Waals surface area contributed by atoms with E-state index in [2.05, 4.69) is 5.32 Å². The molecule has 0 spiro atoms. The summed E-state index contributed by atoms with van der Waals surface area (Å²) in [5, 5.41) is 18.8. The molecule has 0 aromatic rings. The fraction of sp³-hybridized carbons (Fsp3) is 0.600. The van der Waals surface area contributed by atoms with Crippen LogP contribution in [0.3, 0.4) is 0 Å². The van der Waals surface area contributed by atoms with E-state index in [4.69, 9.17) is 10.2 Å². The Kier molecular flexibility index (Phi) is 7.02. The minimum atomic E-state index is -1.15. The van der Waals surface area contributed by atoms with Crippen LogP contribution in [0.4, 0.5) is 0 Å². The molecule has 66 valence electrons. The van der Waals surface area contributed by atoms with Crippen molar-refractivity contribution in [3.63, 3.8) is 0 Å². The normalized spacial score (nSPS) is 11.4. The molecule has 5 nitrogen and oxygen atoms in total. The lowest BCUT2D eigenvalue weighted by atomic mass is 10.2. The Labute approximate surface area is 70.9 Å². The van der Waals surface area contributed by atoms with E-state index in [-0.39, 0.29) is 13.5 Å². The van der Waals surface area contributed by atoms with Crippen molar-refractivity contribution in [3.05, 3.63) is 0 Å². The maximum absolute atomic E-state index is 10.1. The predicted octanol–water partition coefficient (Wildman–Crippen LogP) is -0.753. The number of hydrogen-bond donors (Lipinski definition) is 3. The van der Waals surface area contributed by atoms with Gasteiger partial charge in [-0.2, -0.15) is 13.5 Å². The fourth-order valence-electron chi connectivity index (χ4n) is 0.487. The van der Waals surface area contributed by atoms with Crippen LogP contribution < -0.4 is 5.32 Å². The molecule has 0 aromatic heterocycles. The molecule has 0 aliphatic carbocycles. The summed E-state index contributed by atoms with van der Waals surface area (Å²) in [7, 11) is 1.40. The first kappa shape index (κ1) is 12.9. The number of aliphatic carboxylic acids is 2. The van der Waals surface area contributed by atoms with Gasteiger partial charge in [0.25, 0.3) is 0 Å². The van der Waals surface area contributed by atoms with Gasteiger partial charge < -0.3 is 15.5 Å². The molecule has 11 heavy (non-hydrogen) atoms. The van der Waals surface area contributed by atoms with Gasteiger partial charge >= 0.3 is 11.9 Å². The Balaban J connectivity index is 0. The number of carbonyl (C=O) groups is 2. The zero-order valence-electron chi connectivity index (χ0n) is 6.00. The third-order valence-electron chi connectivity index (χ3n) is 1.03. The second-order valence-electron chi connectivity index (χ2n) is 1.78. The number of nitrogens with one attached hydrogen (secondary N) is 1. The molecule has 0 heterocycles. The highest BCUT2D eigenvalue weighted by atomic mass is 32.1. The number of likely N-dealkylation sites (N-methyl/N-ethyl adjacent to an activating group) is 1. The van der Waals surface area contributed by atoms with Gasteiger partial charge in [-0.25, -0.2) is 0 Å². The van der Waals surface area contributed by atoms with Crippen LogP contribution in [0.2, 0.25) is 0 Å². The van der Waals surface area contributed by atoms with Crippen molar-refractivity contribution in [2.45, 2.75) is 12.5 Å². The van der Waals surface area contributed by atoms with Crippen molar-refractivity contribution in [1.82, 2.24) is 5.32 Å². The molecular formula is C5H11NO4S. The molecule has 0 saturated heterocycles. The molecule has 0 radical (unpaired) electrons. The first-order chi connectivity index (χ1) is 4.57. The van der Waals surface area contributed by atoms with Gasteiger partial charge in [-0.05, 0) is 7.05 Å². The predicted molar refractivity (Wildman–Crippen MR) is 43.1 cm³/mol. The molecule has 0 amide bonds. The van der Waals surface area contributed by atoms with Crippen molar-refractivity contribution in [3.8, 4) is 0 Å². The van der Waals surface area contributed by atoms with Gasteiger partial charge in [-0.3, -0.25) is 9.59 Å². The number of carboxylic acids is 2. The van der Waals surface area contributed by atoms with E-state index in [0.29, 0.717) is 0 Å². The SMILES string of the molecule is CN[C@@H](CC(=O)O)C(=O)O.S. The molecule has 0 fully saturated rings. The van der Waals surface area contributed by atoms with E-state index in [0.717, 1.165) is 0 Å². The molecule has 0 aliphatic rings. The van der Waals surface area contributed by atoms with E-state index in [9.17, 15) is 9.59 Å². The van der Waals surface area contributed by atoms with Crippen LogP contribution in [0.1, 0.15) is 6.42 Å². The summed E-state index contributed by atoms with van der Waals surface area (Å²) in [5.41, 5.74) is 0. The Morgan fingerprint density at radius 2 is 1.91 bits per heavy atom. The van der Waals surface area contributed by atoms with Crippen LogP contribution in [-0.4, -0.2) is 35.2 Å². The van der Waals surface area contributed by atoms with Crippen LogP contribution in [0, 0.1) is 0 Å². The summed E-state index contributed by atoms with van der Waals surface area (Å²) < 4.78 is 0. The largest absolute Gasteiger partial charge is 0.481 e. The van der Waals surface area contributed by atoms with E-state index >= 15 is 0 Å². The monoisotopic (exact) mass is 181 g/mol. The second kappa shape index (κ2) is 5.99. The van der Waals surface area contributed by atoms with Gasteiger partial charge in [-0.1, -0.05) is 0 Å². The standard InChI is InChI=1S/C5H9NO4.H2S/c1-6-3(5(9)10)2-4(7)8;/h3,6H,2H2,1H3,(H,7,8)(H,9,10);1H2/t3-;/m0./s1. The molecule has 3 N–H and O–H groups in total. The van der Waals surface area contributed by atoms with E-state index in [1.807, 2.05) is 0 Å². The maximum atomic E-state index is 10.1. The average molecular weight is 181 g/mol. The molecule has 1 atom stereocenters. The molecule has 0 bridgehead atoms. The molecular weight excluding hydrogens is 170 g/mol. The molecule has 0 unspecified atom stereocenters. The molecule has 0 aromatic carbocycles. The highest BCUT2D eigenvalue weighted by Gasteiger charge is 2.17. The maximum Gasteiger partial charge on any atom is 0.321 e. The van der Waals surface area contributed by atoms with Crippen LogP contribution in [-0.2, 0) is 9.59 Å². The zero-order chi connectivity index (χ0) is 8.15. The summed E-state index contributed by atoms with van der Waals surface area (Å²) in [6.07, 6.45) is -0.397. The molecule has 0 rings (SSSR count). The van der Waals surface area contributed by atoms with Crippen LogP contribution in [0.15, 0.2) is 0 Å². The minimum Gasteiger partial charge on any atom is -0.481 e. The lowest BCUT2D eigenvalue weighted by Gasteiger charge is -2.06.